The van der Waals surface area contributed by atoms with E-state index in [-0.39, 0.29) is 28.6 Å². The summed E-state index contributed by atoms with van der Waals surface area (Å²) >= 11 is 5.96. The Labute approximate surface area is 165 Å². The highest BCUT2D eigenvalue weighted by Gasteiger charge is 2.11. The molecular formula is C21H14ClN3. The lowest BCUT2D eigenvalue weighted by Crippen LogP contribution is -1.99. The zero-order valence-corrected chi connectivity index (χ0v) is 13.3. The van der Waals surface area contributed by atoms with Crippen LogP contribution in [0.15, 0.2) is 84.7 Å². The van der Waals surface area contributed by atoms with Gasteiger partial charge in [-0.25, -0.2) is 15.0 Å². The highest BCUT2D eigenvalue weighted by atomic mass is 35.5. The first-order chi connectivity index (χ1) is 16.4. The first-order valence-electron chi connectivity index (χ1n) is 12.1. The van der Waals surface area contributed by atoms with Crippen molar-refractivity contribution in [1.29, 1.82) is 0 Å². The largest absolute Gasteiger partial charge is 0.208 e. The Hall–Kier alpha value is -3.04. The molecule has 0 atom stereocenters. The molecule has 4 heteroatoms. The van der Waals surface area contributed by atoms with Crippen molar-refractivity contribution in [3.05, 3.63) is 89.7 Å². The molecule has 0 radical (unpaired) electrons. The van der Waals surface area contributed by atoms with Gasteiger partial charge in [0, 0.05) is 21.7 Å². The van der Waals surface area contributed by atoms with E-state index in [1.807, 2.05) is 0 Å². The summed E-state index contributed by atoms with van der Waals surface area (Å²) in [5.74, 6) is -0.646. The van der Waals surface area contributed by atoms with E-state index < -0.39 is 60.4 Å². The Morgan fingerprint density at radius 1 is 0.560 bits per heavy atom. The van der Waals surface area contributed by atoms with Crippen LogP contribution < -0.4 is 0 Å². The van der Waals surface area contributed by atoms with E-state index >= 15 is 0 Å². The van der Waals surface area contributed by atoms with Crippen molar-refractivity contribution >= 4 is 11.6 Å². The Kier molecular flexibility index (Phi) is 2.16. The van der Waals surface area contributed by atoms with E-state index in [1.54, 1.807) is 24.3 Å². The van der Waals surface area contributed by atoms with E-state index in [4.69, 9.17) is 25.3 Å². The summed E-state index contributed by atoms with van der Waals surface area (Å²) in [4.78, 5) is 12.8. The van der Waals surface area contributed by atoms with Crippen LogP contribution in [0.2, 0.25) is 5.02 Å². The van der Waals surface area contributed by atoms with Gasteiger partial charge in [0.05, 0.1) is 13.7 Å². The standard InChI is InChI=1S/C21H14ClN3/c22-18-13-11-17(12-14-18)21-24-19(15-7-3-1-4-8-15)23-20(25-21)16-9-5-2-6-10-16/h1-14H/i1D,2D,3D,4D,5D,6D,7D,8D,9D,10D. The van der Waals surface area contributed by atoms with Crippen LogP contribution in [0.25, 0.3) is 34.2 Å². The summed E-state index contributed by atoms with van der Waals surface area (Å²) in [6.07, 6.45) is 0. The summed E-state index contributed by atoms with van der Waals surface area (Å²) in [5, 5.41) is 0.430. The van der Waals surface area contributed by atoms with E-state index in [2.05, 4.69) is 15.0 Å². The van der Waals surface area contributed by atoms with Crippen LogP contribution in [0.4, 0.5) is 0 Å². The van der Waals surface area contributed by atoms with Crippen LogP contribution in [0.5, 0.6) is 0 Å². The van der Waals surface area contributed by atoms with Gasteiger partial charge >= 0.3 is 0 Å². The molecule has 0 saturated carbocycles. The molecule has 0 spiro atoms. The molecule has 1 heterocycles. The lowest BCUT2D eigenvalue weighted by molar-refractivity contribution is 1.07. The van der Waals surface area contributed by atoms with Gasteiger partial charge < -0.3 is 0 Å². The molecule has 1 aromatic heterocycles. The Balaban J connectivity index is 2.12. The van der Waals surface area contributed by atoms with Gasteiger partial charge in [-0.3, -0.25) is 0 Å². The molecule has 3 nitrogen and oxygen atoms in total. The van der Waals surface area contributed by atoms with Crippen molar-refractivity contribution in [3.8, 4) is 34.2 Å². The predicted octanol–water partition coefficient (Wildman–Crippen LogP) is 5.53. The number of rotatable bonds is 3. The molecule has 3 aromatic carbocycles. The topological polar surface area (TPSA) is 38.7 Å². The van der Waals surface area contributed by atoms with E-state index in [1.165, 1.54) is 0 Å². The van der Waals surface area contributed by atoms with Crippen LogP contribution >= 0.6 is 11.6 Å². The summed E-state index contributed by atoms with van der Waals surface area (Å²) in [7, 11) is 0. The van der Waals surface area contributed by atoms with Crippen LogP contribution in [-0.4, -0.2) is 15.0 Å². The molecular weight excluding hydrogens is 330 g/mol. The fourth-order valence-corrected chi connectivity index (χ4v) is 2.18. The second-order valence-corrected chi connectivity index (χ2v) is 5.25. The number of nitrogens with zero attached hydrogens (tertiary/aromatic N) is 3. The van der Waals surface area contributed by atoms with Gasteiger partial charge in [0.2, 0.25) is 0 Å². The van der Waals surface area contributed by atoms with Gasteiger partial charge in [-0.2, -0.15) is 0 Å². The normalized spacial score (nSPS) is 16.2. The molecule has 0 saturated heterocycles. The quantitative estimate of drug-likeness (QED) is 0.486. The maximum absolute atomic E-state index is 8.28. The first kappa shape index (κ1) is 7.89. The number of hydrogen-bond donors (Lipinski definition) is 0. The van der Waals surface area contributed by atoms with Crippen molar-refractivity contribution < 1.29 is 13.7 Å². The van der Waals surface area contributed by atoms with Crippen molar-refractivity contribution in [2.45, 2.75) is 0 Å². The fraction of sp³-hybridized carbons (Fsp3) is 0. The predicted molar refractivity (Wildman–Crippen MR) is 101 cm³/mol. The number of aromatic nitrogens is 3. The zero-order valence-electron chi connectivity index (χ0n) is 22.5. The third-order valence-corrected chi connectivity index (χ3v) is 3.44. The summed E-state index contributed by atoms with van der Waals surface area (Å²) in [6.45, 7) is 0. The minimum absolute atomic E-state index is 0.0136. The van der Waals surface area contributed by atoms with Crippen LogP contribution in [0, 0.1) is 0 Å². The van der Waals surface area contributed by atoms with Crippen molar-refractivity contribution in [2.24, 2.45) is 0 Å². The first-order valence-corrected chi connectivity index (χ1v) is 7.48. The molecule has 0 bridgehead atoms. The lowest BCUT2D eigenvalue weighted by Gasteiger charge is -2.08. The Bertz CT molecular complexity index is 1360. The minimum atomic E-state index is -0.598. The van der Waals surface area contributed by atoms with Gasteiger partial charge in [0.1, 0.15) is 0 Å². The van der Waals surface area contributed by atoms with Gasteiger partial charge in [0.25, 0.3) is 0 Å². The third-order valence-electron chi connectivity index (χ3n) is 3.19. The zero-order chi connectivity index (χ0) is 25.8. The van der Waals surface area contributed by atoms with Gasteiger partial charge in [0.15, 0.2) is 17.5 Å². The molecule has 4 rings (SSSR count). The second-order valence-electron chi connectivity index (χ2n) is 4.81. The lowest BCUT2D eigenvalue weighted by atomic mass is 10.1. The number of benzene rings is 3. The molecule has 0 fully saturated rings. The number of hydrogen-bond acceptors (Lipinski definition) is 3. The molecule has 120 valence electrons. The van der Waals surface area contributed by atoms with E-state index in [0.717, 1.165) is 0 Å². The molecule has 25 heavy (non-hydrogen) atoms. The Morgan fingerprint density at radius 3 is 1.40 bits per heavy atom. The maximum atomic E-state index is 8.28. The summed E-state index contributed by atoms with van der Waals surface area (Å²) in [5.41, 5.74) is -0.219. The Morgan fingerprint density at radius 2 is 0.960 bits per heavy atom. The summed E-state index contributed by atoms with van der Waals surface area (Å²) < 4.78 is 80.7. The molecule has 0 aliphatic carbocycles. The van der Waals surface area contributed by atoms with Crippen molar-refractivity contribution in [2.75, 3.05) is 0 Å². The smallest absolute Gasteiger partial charge is 0.164 e. The summed E-state index contributed by atoms with van der Waals surface area (Å²) in [6, 6.07) is 0.465. The fourth-order valence-electron chi connectivity index (χ4n) is 2.05. The molecule has 4 aromatic rings. The van der Waals surface area contributed by atoms with Crippen LogP contribution in [-0.2, 0) is 0 Å². The van der Waals surface area contributed by atoms with E-state index in [0.29, 0.717) is 10.6 Å². The highest BCUT2D eigenvalue weighted by Crippen LogP contribution is 2.25. The molecule has 0 unspecified atom stereocenters. The minimum Gasteiger partial charge on any atom is -0.208 e. The maximum Gasteiger partial charge on any atom is 0.164 e. The monoisotopic (exact) mass is 353 g/mol. The van der Waals surface area contributed by atoms with Crippen LogP contribution in [0.1, 0.15) is 13.7 Å². The highest BCUT2D eigenvalue weighted by molar-refractivity contribution is 6.30. The molecule has 0 N–H and O–H groups in total. The molecule has 0 aliphatic rings. The van der Waals surface area contributed by atoms with Crippen molar-refractivity contribution in [3.63, 3.8) is 0 Å². The van der Waals surface area contributed by atoms with Crippen molar-refractivity contribution in [1.82, 2.24) is 15.0 Å². The van der Waals surface area contributed by atoms with E-state index in [9.17, 15) is 0 Å². The molecule has 0 amide bonds. The second kappa shape index (κ2) is 6.83. The number of halogens is 1. The third kappa shape index (κ3) is 3.42. The van der Waals surface area contributed by atoms with Gasteiger partial charge in [-0.1, -0.05) is 72.0 Å². The van der Waals surface area contributed by atoms with Gasteiger partial charge in [-0.05, 0) is 24.3 Å². The molecule has 0 aliphatic heterocycles. The van der Waals surface area contributed by atoms with Gasteiger partial charge in [-0.15, -0.1) is 0 Å². The van der Waals surface area contributed by atoms with Crippen LogP contribution in [0.3, 0.4) is 0 Å². The average Bonchev–Trinajstić information content (AvgIpc) is 2.84. The average molecular weight is 354 g/mol. The SMILES string of the molecule is [2H]c1c([2H])c([2H])c(-c2nc(-c3ccc(Cl)cc3)nc(-c3c([2H])c([2H])c([2H])c([2H])c3[2H])n2)c([2H])c1[2H].